The number of carbonyl (C=O) groups excluding carboxylic acids is 1. The van der Waals surface area contributed by atoms with Gasteiger partial charge in [0.1, 0.15) is 5.76 Å². The lowest BCUT2D eigenvalue weighted by Crippen LogP contribution is -2.29. The Morgan fingerprint density at radius 1 is 1.22 bits per heavy atom. The Kier molecular flexibility index (Phi) is 5.23. The van der Waals surface area contributed by atoms with E-state index in [1.807, 2.05) is 30.3 Å². The van der Waals surface area contributed by atoms with Crippen LogP contribution in [-0.4, -0.2) is 27.6 Å². The van der Waals surface area contributed by atoms with Gasteiger partial charge in [0.05, 0.1) is 0 Å². The largest absolute Gasteiger partial charge is 0.360 e. The number of rotatable bonds is 6. The van der Waals surface area contributed by atoms with Crippen molar-refractivity contribution in [1.82, 2.24) is 10.5 Å². The molecule has 1 atom stereocenters. The van der Waals surface area contributed by atoms with Gasteiger partial charge >= 0.3 is 0 Å². The number of nitrogens with zero attached hydrogens (tertiary/aromatic N) is 1. The minimum atomic E-state index is -0.995. The molecule has 1 amide bonds. The van der Waals surface area contributed by atoms with Crippen LogP contribution in [0.15, 0.2) is 34.9 Å². The fourth-order valence-electron chi connectivity index (χ4n) is 2.76. The van der Waals surface area contributed by atoms with Gasteiger partial charge in [0.15, 0.2) is 5.69 Å². The van der Waals surface area contributed by atoms with Crippen LogP contribution in [0.2, 0.25) is 0 Å². The van der Waals surface area contributed by atoms with E-state index in [0.717, 1.165) is 42.6 Å². The normalized spacial score (nSPS) is 15.0. The van der Waals surface area contributed by atoms with Crippen LogP contribution >= 0.6 is 0 Å². The average molecular weight is 332 g/mol. The Hall–Kier alpha value is -1.95. The molecule has 1 aromatic heterocycles. The van der Waals surface area contributed by atoms with Crippen molar-refractivity contribution in [3.05, 3.63) is 52.9 Å². The highest BCUT2D eigenvalue weighted by atomic mass is 32.2. The van der Waals surface area contributed by atoms with Crippen molar-refractivity contribution in [3.63, 3.8) is 0 Å². The van der Waals surface area contributed by atoms with Gasteiger partial charge in [0.2, 0.25) is 0 Å². The zero-order valence-corrected chi connectivity index (χ0v) is 13.7. The Morgan fingerprint density at radius 2 is 2.00 bits per heavy atom. The van der Waals surface area contributed by atoms with Crippen molar-refractivity contribution in [2.24, 2.45) is 0 Å². The quantitative estimate of drug-likeness (QED) is 0.880. The highest BCUT2D eigenvalue weighted by molar-refractivity contribution is 7.84. The first-order valence-corrected chi connectivity index (χ1v) is 9.37. The molecule has 0 radical (unpaired) electrons. The number of aryl methyl sites for hydroxylation is 1. The molecule has 2 aromatic rings. The van der Waals surface area contributed by atoms with Gasteiger partial charge in [-0.1, -0.05) is 35.5 Å². The summed E-state index contributed by atoms with van der Waals surface area (Å²) >= 11 is 0. The van der Waals surface area contributed by atoms with Gasteiger partial charge in [-0.3, -0.25) is 9.00 Å². The summed E-state index contributed by atoms with van der Waals surface area (Å²) in [6.45, 7) is 0.375. The van der Waals surface area contributed by atoms with Gasteiger partial charge in [-0.05, 0) is 24.8 Å². The van der Waals surface area contributed by atoms with Crippen molar-refractivity contribution in [1.29, 1.82) is 0 Å². The lowest BCUT2D eigenvalue weighted by atomic mass is 9.96. The summed E-state index contributed by atoms with van der Waals surface area (Å²) in [6, 6.07) is 9.71. The molecular formula is C17H20N2O3S. The summed E-state index contributed by atoms with van der Waals surface area (Å²) in [5.41, 5.74) is 2.38. The number of nitrogens with one attached hydrogen (secondary N) is 1. The first-order valence-electron chi connectivity index (χ1n) is 7.88. The molecule has 3 rings (SSSR count). The number of carbonyl (C=O) groups is 1. The second-order valence-corrected chi connectivity index (χ2v) is 7.25. The standard InChI is InChI=1S/C17H20N2O3S/c20-17(16-14-8-4-5-9-15(14)22-19-16)18-10-11-23(21)12-13-6-2-1-3-7-13/h1-3,6-7H,4-5,8-12H2,(H,18,20)/t23-/m1/s1. The van der Waals surface area contributed by atoms with Crippen LogP contribution in [0.4, 0.5) is 0 Å². The molecule has 122 valence electrons. The van der Waals surface area contributed by atoms with Gasteiger partial charge in [-0.25, -0.2) is 0 Å². The zero-order chi connectivity index (χ0) is 16.1. The third kappa shape index (κ3) is 4.07. The van der Waals surface area contributed by atoms with Gasteiger partial charge in [-0.2, -0.15) is 0 Å². The summed E-state index contributed by atoms with van der Waals surface area (Å²) in [7, 11) is -0.995. The molecule has 0 unspecified atom stereocenters. The number of hydrogen-bond donors (Lipinski definition) is 1. The van der Waals surface area contributed by atoms with Gasteiger partial charge in [0, 0.05) is 40.8 Å². The topological polar surface area (TPSA) is 72.2 Å². The van der Waals surface area contributed by atoms with Crippen LogP contribution in [-0.2, 0) is 29.4 Å². The van der Waals surface area contributed by atoms with E-state index in [1.165, 1.54) is 0 Å². The number of amides is 1. The van der Waals surface area contributed by atoms with Crippen LogP contribution in [0.1, 0.15) is 40.2 Å². The molecule has 0 aliphatic heterocycles. The van der Waals surface area contributed by atoms with E-state index < -0.39 is 10.8 Å². The molecule has 0 bridgehead atoms. The van der Waals surface area contributed by atoms with E-state index in [2.05, 4.69) is 10.5 Å². The highest BCUT2D eigenvalue weighted by Gasteiger charge is 2.23. The second-order valence-electron chi connectivity index (χ2n) is 5.67. The fourth-order valence-corrected chi connectivity index (χ4v) is 3.80. The molecule has 0 spiro atoms. The van der Waals surface area contributed by atoms with E-state index in [4.69, 9.17) is 4.52 Å². The van der Waals surface area contributed by atoms with Gasteiger partial charge in [-0.15, -0.1) is 0 Å². The van der Waals surface area contributed by atoms with Gasteiger partial charge in [0.25, 0.3) is 5.91 Å². The Labute approximate surface area is 137 Å². The minimum Gasteiger partial charge on any atom is -0.360 e. The summed E-state index contributed by atoms with van der Waals surface area (Å²) < 4.78 is 17.3. The Bertz CT molecular complexity index is 697. The van der Waals surface area contributed by atoms with Gasteiger partial charge < -0.3 is 9.84 Å². The number of aromatic nitrogens is 1. The Morgan fingerprint density at radius 3 is 2.83 bits per heavy atom. The SMILES string of the molecule is O=C(NCC[S@@](=O)Cc1ccccc1)c1noc2c1CCCC2. The van der Waals surface area contributed by atoms with E-state index in [9.17, 15) is 9.00 Å². The highest BCUT2D eigenvalue weighted by Crippen LogP contribution is 2.23. The van der Waals surface area contributed by atoms with Crippen LogP contribution < -0.4 is 5.32 Å². The maximum atomic E-state index is 12.2. The molecule has 0 saturated heterocycles. The van der Waals surface area contributed by atoms with Crippen LogP contribution in [0.5, 0.6) is 0 Å². The lowest BCUT2D eigenvalue weighted by molar-refractivity contribution is 0.0946. The summed E-state index contributed by atoms with van der Waals surface area (Å²) in [4.78, 5) is 12.2. The first-order chi connectivity index (χ1) is 11.2. The molecule has 0 fully saturated rings. The Balaban J connectivity index is 1.48. The minimum absolute atomic E-state index is 0.228. The summed E-state index contributed by atoms with van der Waals surface area (Å²) in [5.74, 6) is 1.55. The van der Waals surface area contributed by atoms with Crippen LogP contribution in [0.3, 0.4) is 0 Å². The lowest BCUT2D eigenvalue weighted by Gasteiger charge is -2.09. The molecule has 23 heavy (non-hydrogen) atoms. The summed E-state index contributed by atoms with van der Waals surface area (Å²) in [5, 5.41) is 6.70. The van der Waals surface area contributed by atoms with E-state index in [0.29, 0.717) is 23.7 Å². The zero-order valence-electron chi connectivity index (χ0n) is 12.9. The maximum Gasteiger partial charge on any atom is 0.273 e. The first kappa shape index (κ1) is 15.9. The molecule has 1 aromatic carbocycles. The van der Waals surface area contributed by atoms with Crippen molar-refractivity contribution in [2.45, 2.75) is 31.4 Å². The predicted molar refractivity (Wildman–Crippen MR) is 88.6 cm³/mol. The number of hydrogen-bond acceptors (Lipinski definition) is 4. The predicted octanol–water partition coefficient (Wildman–Crippen LogP) is 2.23. The molecule has 1 aliphatic carbocycles. The number of benzene rings is 1. The molecule has 0 saturated carbocycles. The molecular weight excluding hydrogens is 312 g/mol. The van der Waals surface area contributed by atoms with Crippen molar-refractivity contribution in [3.8, 4) is 0 Å². The molecule has 1 N–H and O–H groups in total. The van der Waals surface area contributed by atoms with Crippen molar-refractivity contribution < 1.29 is 13.5 Å². The maximum absolute atomic E-state index is 12.2. The third-order valence-corrected chi connectivity index (χ3v) is 5.27. The van der Waals surface area contributed by atoms with E-state index in [1.54, 1.807) is 0 Å². The van der Waals surface area contributed by atoms with E-state index >= 15 is 0 Å². The average Bonchev–Trinajstić information content (AvgIpc) is 3.00. The summed E-state index contributed by atoms with van der Waals surface area (Å²) in [6.07, 6.45) is 3.86. The second kappa shape index (κ2) is 7.55. The van der Waals surface area contributed by atoms with Crippen molar-refractivity contribution in [2.75, 3.05) is 12.3 Å². The molecule has 6 heteroatoms. The fraction of sp³-hybridized carbons (Fsp3) is 0.412. The van der Waals surface area contributed by atoms with Crippen LogP contribution in [0.25, 0.3) is 0 Å². The van der Waals surface area contributed by atoms with E-state index in [-0.39, 0.29) is 5.91 Å². The van der Waals surface area contributed by atoms with Crippen molar-refractivity contribution >= 4 is 16.7 Å². The smallest absolute Gasteiger partial charge is 0.273 e. The number of fused-ring (bicyclic) bond motifs is 1. The van der Waals surface area contributed by atoms with Crippen LogP contribution in [0, 0.1) is 0 Å². The molecule has 1 heterocycles. The molecule has 1 aliphatic rings. The monoisotopic (exact) mass is 332 g/mol. The third-order valence-electron chi connectivity index (χ3n) is 3.95. The molecule has 5 nitrogen and oxygen atoms in total.